The Morgan fingerprint density at radius 3 is 2.67 bits per heavy atom. The zero-order valence-electron chi connectivity index (χ0n) is 12.7. The first-order chi connectivity index (χ1) is 11.6. The second kappa shape index (κ2) is 7.18. The van der Waals surface area contributed by atoms with Crippen LogP contribution in [0.1, 0.15) is 23.5 Å². The number of para-hydroxylation sites is 1. The Hall–Kier alpha value is -2.14. The number of hydrogen-bond donors (Lipinski definition) is 1. The lowest BCUT2D eigenvalue weighted by Crippen LogP contribution is -2.25. The summed E-state index contributed by atoms with van der Waals surface area (Å²) in [5.41, 5.74) is 1.49. The van der Waals surface area contributed by atoms with E-state index in [1.165, 1.54) is 6.07 Å². The maximum atomic E-state index is 12.4. The first-order valence-electron chi connectivity index (χ1n) is 7.61. The summed E-state index contributed by atoms with van der Waals surface area (Å²) >= 11 is 6.15. The van der Waals surface area contributed by atoms with Crippen LogP contribution in [0.5, 0.6) is 5.75 Å². The highest BCUT2D eigenvalue weighted by Gasteiger charge is 2.44. The van der Waals surface area contributed by atoms with E-state index in [0.29, 0.717) is 10.6 Å². The molecule has 24 heavy (non-hydrogen) atoms. The van der Waals surface area contributed by atoms with Crippen molar-refractivity contribution in [1.82, 2.24) is 5.32 Å². The third-order valence-electron chi connectivity index (χ3n) is 4.07. The average molecular weight is 352 g/mol. The molecule has 3 nitrogen and oxygen atoms in total. The van der Waals surface area contributed by atoms with Gasteiger partial charge in [0.1, 0.15) is 5.75 Å². The monoisotopic (exact) mass is 351 g/mol. The van der Waals surface area contributed by atoms with Crippen molar-refractivity contribution >= 4 is 17.5 Å². The van der Waals surface area contributed by atoms with Crippen molar-refractivity contribution in [3.8, 4) is 5.75 Å². The van der Waals surface area contributed by atoms with Gasteiger partial charge in [0.2, 0.25) is 5.91 Å². The van der Waals surface area contributed by atoms with E-state index in [0.717, 1.165) is 12.0 Å². The van der Waals surface area contributed by atoms with Crippen molar-refractivity contribution in [3.63, 3.8) is 0 Å². The maximum Gasteiger partial charge on any atom is 0.387 e. The first-order valence-corrected chi connectivity index (χ1v) is 7.99. The van der Waals surface area contributed by atoms with Crippen molar-refractivity contribution in [2.24, 2.45) is 5.92 Å². The summed E-state index contributed by atoms with van der Waals surface area (Å²) in [7, 11) is 0. The van der Waals surface area contributed by atoms with Crippen LogP contribution in [0, 0.1) is 5.92 Å². The number of carbonyl (C=O) groups excluding carboxylic acids is 1. The van der Waals surface area contributed by atoms with Crippen molar-refractivity contribution in [1.29, 1.82) is 0 Å². The van der Waals surface area contributed by atoms with Crippen molar-refractivity contribution < 1.29 is 18.3 Å². The fraction of sp³-hybridized carbons (Fsp3) is 0.278. The molecule has 2 aromatic carbocycles. The SMILES string of the molecule is O=C(NCc1ccccc1OC(F)F)C1CC1c1ccccc1Cl. The number of ether oxygens (including phenoxy) is 1. The summed E-state index contributed by atoms with van der Waals surface area (Å²) < 4.78 is 29.2. The zero-order chi connectivity index (χ0) is 17.1. The molecule has 0 saturated heterocycles. The fourth-order valence-corrected chi connectivity index (χ4v) is 3.05. The van der Waals surface area contributed by atoms with E-state index in [2.05, 4.69) is 10.1 Å². The summed E-state index contributed by atoms with van der Waals surface area (Å²) in [5.74, 6) is -0.0441. The number of nitrogens with one attached hydrogen (secondary N) is 1. The summed E-state index contributed by atoms with van der Waals surface area (Å²) in [4.78, 5) is 12.3. The number of hydrogen-bond acceptors (Lipinski definition) is 2. The normalized spacial score (nSPS) is 19.2. The predicted molar refractivity (Wildman–Crippen MR) is 87.2 cm³/mol. The average Bonchev–Trinajstić information content (AvgIpc) is 3.34. The fourth-order valence-electron chi connectivity index (χ4n) is 2.78. The van der Waals surface area contributed by atoms with Crippen LogP contribution >= 0.6 is 11.6 Å². The van der Waals surface area contributed by atoms with Crippen molar-refractivity contribution in [2.45, 2.75) is 25.5 Å². The molecule has 3 rings (SSSR count). The van der Waals surface area contributed by atoms with Crippen LogP contribution in [0.25, 0.3) is 0 Å². The Labute approximate surface area is 143 Å². The largest absolute Gasteiger partial charge is 0.434 e. The van der Waals surface area contributed by atoms with Crippen LogP contribution in [-0.4, -0.2) is 12.5 Å². The van der Waals surface area contributed by atoms with Crippen molar-refractivity contribution in [2.75, 3.05) is 0 Å². The van der Waals surface area contributed by atoms with Gasteiger partial charge in [-0.05, 0) is 30.0 Å². The Bertz CT molecular complexity index is 738. The molecule has 6 heteroatoms. The van der Waals surface area contributed by atoms with Crippen LogP contribution in [0.3, 0.4) is 0 Å². The standard InChI is InChI=1S/C18H16ClF2NO2/c19-15-7-3-2-6-12(15)13-9-14(13)17(23)22-10-11-5-1-4-8-16(11)24-18(20)21/h1-8,13-14,18H,9-10H2,(H,22,23). The molecular formula is C18H16ClF2NO2. The minimum Gasteiger partial charge on any atom is -0.434 e. The number of benzene rings is 2. The molecule has 0 heterocycles. The minimum atomic E-state index is -2.89. The van der Waals surface area contributed by atoms with Crippen molar-refractivity contribution in [3.05, 3.63) is 64.7 Å². The first kappa shape index (κ1) is 16.7. The molecule has 1 saturated carbocycles. The van der Waals surface area contributed by atoms with Gasteiger partial charge >= 0.3 is 6.61 Å². The second-order valence-electron chi connectivity index (χ2n) is 5.67. The molecule has 1 N–H and O–H groups in total. The lowest BCUT2D eigenvalue weighted by Gasteiger charge is -2.11. The molecule has 0 aromatic heterocycles. The topological polar surface area (TPSA) is 38.3 Å². The highest BCUT2D eigenvalue weighted by molar-refractivity contribution is 6.31. The van der Waals surface area contributed by atoms with Gasteiger partial charge < -0.3 is 10.1 Å². The van der Waals surface area contributed by atoms with E-state index in [-0.39, 0.29) is 30.0 Å². The van der Waals surface area contributed by atoms with Gasteiger partial charge in [-0.3, -0.25) is 4.79 Å². The molecule has 1 aliphatic carbocycles. The van der Waals surface area contributed by atoms with E-state index in [9.17, 15) is 13.6 Å². The van der Waals surface area contributed by atoms with Crippen LogP contribution < -0.4 is 10.1 Å². The number of carbonyl (C=O) groups is 1. The van der Waals surface area contributed by atoms with Gasteiger partial charge in [-0.1, -0.05) is 48.0 Å². The van der Waals surface area contributed by atoms with E-state index >= 15 is 0 Å². The van der Waals surface area contributed by atoms with E-state index < -0.39 is 6.61 Å². The Balaban J connectivity index is 1.59. The molecule has 1 fully saturated rings. The Morgan fingerprint density at radius 2 is 1.92 bits per heavy atom. The predicted octanol–water partition coefficient (Wildman–Crippen LogP) is 4.36. The van der Waals surface area contributed by atoms with Crippen LogP contribution in [0.4, 0.5) is 8.78 Å². The summed E-state index contributed by atoms with van der Waals surface area (Å²) in [6, 6.07) is 13.9. The lowest BCUT2D eigenvalue weighted by molar-refractivity contribution is -0.122. The molecule has 2 atom stereocenters. The number of amides is 1. The van der Waals surface area contributed by atoms with Crippen LogP contribution in [0.2, 0.25) is 5.02 Å². The van der Waals surface area contributed by atoms with E-state index in [1.54, 1.807) is 18.2 Å². The quantitative estimate of drug-likeness (QED) is 0.839. The molecule has 0 bridgehead atoms. The maximum absolute atomic E-state index is 12.4. The third kappa shape index (κ3) is 3.85. The summed E-state index contributed by atoms with van der Waals surface area (Å²) in [6.07, 6.45) is 0.741. The number of halogens is 3. The molecule has 0 radical (unpaired) electrons. The highest BCUT2D eigenvalue weighted by atomic mass is 35.5. The van der Waals surface area contributed by atoms with Gasteiger partial charge in [-0.25, -0.2) is 0 Å². The van der Waals surface area contributed by atoms with Gasteiger partial charge in [-0.15, -0.1) is 0 Å². The molecule has 0 aliphatic heterocycles. The molecule has 2 unspecified atom stereocenters. The molecule has 0 spiro atoms. The van der Waals surface area contributed by atoms with Crippen LogP contribution in [-0.2, 0) is 11.3 Å². The minimum absolute atomic E-state index is 0.0752. The second-order valence-corrected chi connectivity index (χ2v) is 6.08. The summed E-state index contributed by atoms with van der Waals surface area (Å²) in [6.45, 7) is -2.75. The van der Waals surface area contributed by atoms with Gasteiger partial charge in [0, 0.05) is 23.0 Å². The molecule has 1 aliphatic rings. The molecular weight excluding hydrogens is 336 g/mol. The Kier molecular flexibility index (Phi) is 5.00. The van der Waals surface area contributed by atoms with E-state index in [1.807, 2.05) is 24.3 Å². The van der Waals surface area contributed by atoms with Gasteiger partial charge in [0.15, 0.2) is 0 Å². The summed E-state index contributed by atoms with van der Waals surface area (Å²) in [5, 5.41) is 3.45. The van der Waals surface area contributed by atoms with E-state index in [4.69, 9.17) is 11.6 Å². The van der Waals surface area contributed by atoms with Gasteiger partial charge in [0.05, 0.1) is 0 Å². The lowest BCUT2D eigenvalue weighted by atomic mass is 10.1. The Morgan fingerprint density at radius 1 is 1.21 bits per heavy atom. The van der Waals surface area contributed by atoms with Gasteiger partial charge in [0.25, 0.3) is 0 Å². The van der Waals surface area contributed by atoms with Crippen LogP contribution in [0.15, 0.2) is 48.5 Å². The zero-order valence-corrected chi connectivity index (χ0v) is 13.5. The number of alkyl halides is 2. The number of rotatable bonds is 6. The highest BCUT2D eigenvalue weighted by Crippen LogP contribution is 2.49. The smallest absolute Gasteiger partial charge is 0.387 e. The van der Waals surface area contributed by atoms with Gasteiger partial charge in [-0.2, -0.15) is 8.78 Å². The third-order valence-corrected chi connectivity index (χ3v) is 4.42. The molecule has 1 amide bonds. The molecule has 2 aromatic rings. The molecule has 126 valence electrons.